The first kappa shape index (κ1) is 14.2. The van der Waals surface area contributed by atoms with E-state index >= 15 is 0 Å². The van der Waals surface area contributed by atoms with Crippen molar-refractivity contribution in [3.8, 4) is 0 Å². The largest absolute Gasteiger partial charge is 0.353 e. The smallest absolute Gasteiger partial charge is 0.220 e. The van der Waals surface area contributed by atoms with Gasteiger partial charge in [-0.3, -0.25) is 4.79 Å². The average Bonchev–Trinajstić information content (AvgIpc) is 3.09. The van der Waals surface area contributed by atoms with Gasteiger partial charge in [0.2, 0.25) is 5.91 Å². The lowest BCUT2D eigenvalue weighted by molar-refractivity contribution is -0.123. The number of carbonyl (C=O) groups excluding carboxylic acids is 1. The number of hydrogen-bond acceptors (Lipinski definition) is 2. The van der Waals surface area contributed by atoms with Gasteiger partial charge in [-0.2, -0.15) is 12.6 Å². The molecule has 0 aromatic heterocycles. The minimum atomic E-state index is 0.245. The van der Waals surface area contributed by atoms with Crippen molar-refractivity contribution in [2.45, 2.75) is 64.8 Å². The van der Waals surface area contributed by atoms with Gasteiger partial charge in [-0.1, -0.05) is 26.7 Å². The van der Waals surface area contributed by atoms with E-state index in [0.29, 0.717) is 24.3 Å². The van der Waals surface area contributed by atoms with Crippen LogP contribution in [0, 0.1) is 17.3 Å². The van der Waals surface area contributed by atoms with E-state index in [1.165, 1.54) is 38.5 Å². The number of hydrogen-bond donors (Lipinski definition) is 2. The van der Waals surface area contributed by atoms with Crippen molar-refractivity contribution in [3.05, 3.63) is 0 Å². The Balaban J connectivity index is 1.85. The molecule has 2 unspecified atom stereocenters. The second-order valence-corrected chi connectivity index (χ2v) is 7.02. The van der Waals surface area contributed by atoms with E-state index in [2.05, 4.69) is 31.8 Å². The summed E-state index contributed by atoms with van der Waals surface area (Å²) in [6.45, 7) is 4.57. The van der Waals surface area contributed by atoms with Crippen LogP contribution in [0.1, 0.15) is 58.8 Å². The van der Waals surface area contributed by atoms with Crippen LogP contribution in [0.15, 0.2) is 0 Å². The lowest BCUT2D eigenvalue weighted by atomic mass is 9.77. The minimum Gasteiger partial charge on any atom is -0.353 e. The van der Waals surface area contributed by atoms with Crippen LogP contribution in [0.5, 0.6) is 0 Å². The van der Waals surface area contributed by atoms with Gasteiger partial charge in [-0.15, -0.1) is 0 Å². The molecule has 104 valence electrons. The Hall–Kier alpha value is -0.180. The normalized spacial score (nSPS) is 30.2. The highest BCUT2D eigenvalue weighted by atomic mass is 32.1. The lowest BCUT2D eigenvalue weighted by Gasteiger charge is -2.35. The molecule has 2 atom stereocenters. The summed E-state index contributed by atoms with van der Waals surface area (Å²) in [5.74, 6) is 2.47. The highest BCUT2D eigenvalue weighted by molar-refractivity contribution is 7.80. The van der Waals surface area contributed by atoms with E-state index in [0.717, 1.165) is 5.75 Å². The Kier molecular flexibility index (Phi) is 4.63. The molecule has 2 rings (SSSR count). The van der Waals surface area contributed by atoms with Gasteiger partial charge in [-0.25, -0.2) is 0 Å². The highest BCUT2D eigenvalue weighted by Crippen LogP contribution is 2.49. The monoisotopic (exact) mass is 269 g/mol. The molecule has 0 heterocycles. The van der Waals surface area contributed by atoms with Crippen LogP contribution in [0.3, 0.4) is 0 Å². The Labute approximate surface area is 117 Å². The zero-order valence-electron chi connectivity index (χ0n) is 11.7. The number of thiol groups is 1. The molecule has 0 aromatic rings. The Bertz CT molecular complexity index is 299. The average molecular weight is 269 g/mol. The molecule has 2 saturated carbocycles. The fourth-order valence-corrected chi connectivity index (χ4v) is 3.73. The summed E-state index contributed by atoms with van der Waals surface area (Å²) >= 11 is 4.37. The van der Waals surface area contributed by atoms with Crippen molar-refractivity contribution in [3.63, 3.8) is 0 Å². The molecule has 1 amide bonds. The molecule has 0 saturated heterocycles. The van der Waals surface area contributed by atoms with Crippen molar-refractivity contribution < 1.29 is 4.79 Å². The maximum Gasteiger partial charge on any atom is 0.220 e. The van der Waals surface area contributed by atoms with Crippen LogP contribution >= 0.6 is 12.6 Å². The summed E-state index contributed by atoms with van der Waals surface area (Å²) in [6, 6.07) is 0.418. The summed E-state index contributed by atoms with van der Waals surface area (Å²) < 4.78 is 0. The van der Waals surface area contributed by atoms with Gasteiger partial charge < -0.3 is 5.32 Å². The first-order valence-corrected chi connectivity index (χ1v) is 8.10. The summed E-state index contributed by atoms with van der Waals surface area (Å²) in [5.41, 5.74) is 0.245. The Morgan fingerprint density at radius 2 is 2.00 bits per heavy atom. The number of rotatable bonds is 5. The molecule has 0 aliphatic heterocycles. The van der Waals surface area contributed by atoms with Gasteiger partial charge in [-0.05, 0) is 48.7 Å². The van der Waals surface area contributed by atoms with Crippen LogP contribution in [-0.4, -0.2) is 17.7 Å². The highest BCUT2D eigenvalue weighted by Gasteiger charge is 2.43. The zero-order chi connectivity index (χ0) is 13.2. The van der Waals surface area contributed by atoms with Crippen LogP contribution in [0.2, 0.25) is 0 Å². The molecule has 2 nitrogen and oxygen atoms in total. The van der Waals surface area contributed by atoms with E-state index < -0.39 is 0 Å². The predicted molar refractivity (Wildman–Crippen MR) is 78.9 cm³/mol. The third kappa shape index (κ3) is 3.43. The van der Waals surface area contributed by atoms with Crippen LogP contribution in [0.25, 0.3) is 0 Å². The number of carbonyl (C=O) groups is 1. The Morgan fingerprint density at radius 1 is 1.33 bits per heavy atom. The number of amides is 1. The number of nitrogens with one attached hydrogen (secondary N) is 1. The van der Waals surface area contributed by atoms with Crippen molar-refractivity contribution in [1.82, 2.24) is 5.32 Å². The minimum absolute atomic E-state index is 0.245. The molecular weight excluding hydrogens is 242 g/mol. The third-order valence-electron chi connectivity index (χ3n) is 4.85. The third-order valence-corrected chi connectivity index (χ3v) is 5.52. The van der Waals surface area contributed by atoms with Gasteiger partial charge >= 0.3 is 0 Å². The molecular formula is C15H27NOS. The first-order chi connectivity index (χ1) is 8.56. The first-order valence-electron chi connectivity index (χ1n) is 7.46. The van der Waals surface area contributed by atoms with E-state index in [-0.39, 0.29) is 11.3 Å². The molecule has 0 radical (unpaired) electrons. The van der Waals surface area contributed by atoms with E-state index in [4.69, 9.17) is 0 Å². The standard InChI is InChI=1S/C15H27NOS/c1-11(2)12-5-3-4-6-13(12)16-14(17)9-15(10-18)7-8-15/h11-13,18H,3-10H2,1-2H3,(H,16,17). The second-order valence-electron chi connectivity index (χ2n) is 6.70. The molecule has 18 heavy (non-hydrogen) atoms. The quantitative estimate of drug-likeness (QED) is 0.736. The molecule has 3 heteroatoms. The van der Waals surface area contributed by atoms with Crippen LogP contribution in [0.4, 0.5) is 0 Å². The maximum absolute atomic E-state index is 12.1. The molecule has 2 aliphatic rings. The van der Waals surface area contributed by atoms with Gasteiger partial charge in [0.1, 0.15) is 0 Å². The van der Waals surface area contributed by atoms with Crippen molar-refractivity contribution in [2.75, 3.05) is 5.75 Å². The Morgan fingerprint density at radius 3 is 2.56 bits per heavy atom. The molecule has 2 fully saturated rings. The molecule has 0 aromatic carbocycles. The van der Waals surface area contributed by atoms with Crippen molar-refractivity contribution >= 4 is 18.5 Å². The van der Waals surface area contributed by atoms with Gasteiger partial charge in [0, 0.05) is 12.5 Å². The van der Waals surface area contributed by atoms with Crippen molar-refractivity contribution in [1.29, 1.82) is 0 Å². The van der Waals surface area contributed by atoms with Gasteiger partial charge in [0.05, 0.1) is 0 Å². The molecule has 1 N–H and O–H groups in total. The summed E-state index contributed by atoms with van der Waals surface area (Å²) in [7, 11) is 0. The fraction of sp³-hybridized carbons (Fsp3) is 0.933. The lowest BCUT2D eigenvalue weighted by Crippen LogP contribution is -2.44. The zero-order valence-corrected chi connectivity index (χ0v) is 12.6. The van der Waals surface area contributed by atoms with Crippen LogP contribution < -0.4 is 5.32 Å². The van der Waals surface area contributed by atoms with E-state index in [1.54, 1.807) is 0 Å². The predicted octanol–water partition coefficient (Wildman–Crippen LogP) is 3.42. The fourth-order valence-electron chi connectivity index (χ4n) is 3.30. The molecule has 0 bridgehead atoms. The second kappa shape index (κ2) is 5.85. The van der Waals surface area contributed by atoms with E-state index in [9.17, 15) is 4.79 Å². The summed E-state index contributed by atoms with van der Waals surface area (Å²) in [5, 5.41) is 3.31. The van der Waals surface area contributed by atoms with E-state index in [1.807, 2.05) is 0 Å². The topological polar surface area (TPSA) is 29.1 Å². The maximum atomic E-state index is 12.1. The van der Waals surface area contributed by atoms with Crippen molar-refractivity contribution in [2.24, 2.45) is 17.3 Å². The van der Waals surface area contributed by atoms with Gasteiger partial charge in [0.25, 0.3) is 0 Å². The molecule has 2 aliphatic carbocycles. The summed E-state index contributed by atoms with van der Waals surface area (Å²) in [4.78, 5) is 12.1. The SMILES string of the molecule is CC(C)C1CCCCC1NC(=O)CC1(CS)CC1. The molecule has 0 spiro atoms. The van der Waals surface area contributed by atoms with Crippen LogP contribution in [-0.2, 0) is 4.79 Å². The van der Waals surface area contributed by atoms with Gasteiger partial charge in [0.15, 0.2) is 0 Å². The summed E-state index contributed by atoms with van der Waals surface area (Å²) in [6.07, 6.45) is 8.10.